The molecule has 88 valence electrons. The van der Waals surface area contributed by atoms with Gasteiger partial charge < -0.3 is 5.32 Å². The Hall–Kier alpha value is -1.95. The van der Waals surface area contributed by atoms with Crippen molar-refractivity contribution in [3.05, 3.63) is 46.8 Å². The minimum Gasteiger partial charge on any atom is -0.345 e. The van der Waals surface area contributed by atoms with E-state index in [0.29, 0.717) is 5.82 Å². The van der Waals surface area contributed by atoms with Crippen LogP contribution in [-0.4, -0.2) is 21.1 Å². The molecule has 0 saturated carbocycles. The summed E-state index contributed by atoms with van der Waals surface area (Å²) in [7, 11) is 0. The Balaban J connectivity index is 2.04. The molecule has 0 bridgehead atoms. The van der Waals surface area contributed by atoms with Crippen LogP contribution < -0.4 is 5.32 Å². The van der Waals surface area contributed by atoms with E-state index in [0.717, 1.165) is 6.07 Å². The van der Waals surface area contributed by atoms with Crippen molar-refractivity contribution in [2.45, 2.75) is 6.54 Å². The van der Waals surface area contributed by atoms with Gasteiger partial charge in [0, 0.05) is 5.02 Å². The molecule has 0 radical (unpaired) electrons. The third kappa shape index (κ3) is 2.79. The van der Waals surface area contributed by atoms with Gasteiger partial charge in [0.05, 0.1) is 12.1 Å². The van der Waals surface area contributed by atoms with Gasteiger partial charge in [0.25, 0.3) is 5.91 Å². The number of nitrogens with one attached hydrogen (secondary N) is 2. The quantitative estimate of drug-likeness (QED) is 0.873. The molecule has 0 fully saturated rings. The van der Waals surface area contributed by atoms with Crippen molar-refractivity contribution >= 4 is 17.5 Å². The molecule has 17 heavy (non-hydrogen) atoms. The Labute approximate surface area is 101 Å². The summed E-state index contributed by atoms with van der Waals surface area (Å²) >= 11 is 5.58. The number of carbonyl (C=O) groups is 1. The van der Waals surface area contributed by atoms with Crippen LogP contribution in [0.1, 0.15) is 16.2 Å². The highest BCUT2D eigenvalue weighted by molar-refractivity contribution is 6.30. The standard InChI is InChI=1S/C10H8ClFN4O/c11-6-1-2-7(8(12)3-6)10(17)13-4-9-14-5-15-16-9/h1-3,5H,4H2,(H,13,17)(H,14,15,16). The van der Waals surface area contributed by atoms with E-state index < -0.39 is 11.7 Å². The predicted octanol–water partition coefficient (Wildman–Crippen LogP) is 1.53. The number of rotatable bonds is 3. The van der Waals surface area contributed by atoms with Gasteiger partial charge in [-0.2, -0.15) is 5.10 Å². The van der Waals surface area contributed by atoms with E-state index in [1.54, 1.807) is 0 Å². The maximum atomic E-state index is 13.4. The zero-order valence-corrected chi connectivity index (χ0v) is 9.33. The number of nitrogens with zero attached hydrogens (tertiary/aromatic N) is 2. The van der Waals surface area contributed by atoms with Gasteiger partial charge in [0.1, 0.15) is 18.0 Å². The lowest BCUT2D eigenvalue weighted by molar-refractivity contribution is 0.0946. The number of hydrogen-bond acceptors (Lipinski definition) is 3. The molecule has 5 nitrogen and oxygen atoms in total. The van der Waals surface area contributed by atoms with Crippen molar-refractivity contribution in [1.82, 2.24) is 20.5 Å². The fraction of sp³-hybridized carbons (Fsp3) is 0.100. The minimum absolute atomic E-state index is 0.0612. The van der Waals surface area contributed by atoms with E-state index in [9.17, 15) is 9.18 Å². The zero-order chi connectivity index (χ0) is 12.3. The number of carbonyl (C=O) groups excluding carboxylic acids is 1. The molecule has 1 amide bonds. The molecule has 0 saturated heterocycles. The van der Waals surface area contributed by atoms with E-state index in [-0.39, 0.29) is 17.1 Å². The number of halogens is 2. The smallest absolute Gasteiger partial charge is 0.254 e. The number of H-pyrrole nitrogens is 1. The first-order chi connectivity index (χ1) is 8.16. The van der Waals surface area contributed by atoms with Crippen molar-refractivity contribution in [2.75, 3.05) is 0 Å². The Morgan fingerprint density at radius 1 is 1.53 bits per heavy atom. The number of hydrogen-bond donors (Lipinski definition) is 2. The summed E-state index contributed by atoms with van der Waals surface area (Å²) in [6, 6.07) is 3.87. The molecule has 0 spiro atoms. The number of aromatic amines is 1. The van der Waals surface area contributed by atoms with Gasteiger partial charge in [-0.05, 0) is 18.2 Å². The molecule has 1 aromatic carbocycles. The zero-order valence-electron chi connectivity index (χ0n) is 8.58. The lowest BCUT2D eigenvalue weighted by Crippen LogP contribution is -2.24. The van der Waals surface area contributed by atoms with Crippen LogP contribution in [0.3, 0.4) is 0 Å². The van der Waals surface area contributed by atoms with Gasteiger partial charge >= 0.3 is 0 Å². The first kappa shape index (κ1) is 11.5. The Bertz CT molecular complexity index is 529. The van der Waals surface area contributed by atoms with Crippen molar-refractivity contribution in [3.63, 3.8) is 0 Å². The van der Waals surface area contributed by atoms with Gasteiger partial charge in [-0.3, -0.25) is 9.89 Å². The monoisotopic (exact) mass is 254 g/mol. The second kappa shape index (κ2) is 4.92. The fourth-order valence-electron chi connectivity index (χ4n) is 1.25. The molecule has 1 aromatic heterocycles. The summed E-state index contributed by atoms with van der Waals surface area (Å²) in [6.45, 7) is 0.154. The predicted molar refractivity (Wildman–Crippen MR) is 59.0 cm³/mol. The van der Waals surface area contributed by atoms with Crippen LogP contribution in [-0.2, 0) is 6.54 Å². The van der Waals surface area contributed by atoms with Crippen LogP contribution in [0.4, 0.5) is 4.39 Å². The average molecular weight is 255 g/mol. The lowest BCUT2D eigenvalue weighted by atomic mass is 10.2. The molecule has 2 rings (SSSR count). The number of benzene rings is 1. The maximum absolute atomic E-state index is 13.4. The summed E-state index contributed by atoms with van der Waals surface area (Å²) in [5, 5.41) is 8.95. The normalized spacial score (nSPS) is 10.2. The van der Waals surface area contributed by atoms with Crippen molar-refractivity contribution in [1.29, 1.82) is 0 Å². The maximum Gasteiger partial charge on any atom is 0.254 e. The lowest BCUT2D eigenvalue weighted by Gasteiger charge is -2.04. The summed E-state index contributed by atoms with van der Waals surface area (Å²) in [5.41, 5.74) is -0.0612. The minimum atomic E-state index is -0.660. The van der Waals surface area contributed by atoms with Crippen molar-refractivity contribution in [2.24, 2.45) is 0 Å². The van der Waals surface area contributed by atoms with Gasteiger partial charge in [-0.25, -0.2) is 9.37 Å². The molecule has 1 heterocycles. The van der Waals surface area contributed by atoms with Crippen molar-refractivity contribution in [3.8, 4) is 0 Å². The van der Waals surface area contributed by atoms with E-state index in [4.69, 9.17) is 11.6 Å². The van der Waals surface area contributed by atoms with Gasteiger partial charge in [0.15, 0.2) is 0 Å². The van der Waals surface area contributed by atoms with Gasteiger partial charge in [-0.15, -0.1) is 0 Å². The van der Waals surface area contributed by atoms with Crippen molar-refractivity contribution < 1.29 is 9.18 Å². The SMILES string of the molecule is O=C(NCc1ncn[nH]1)c1ccc(Cl)cc1F. The second-order valence-electron chi connectivity index (χ2n) is 3.24. The van der Waals surface area contributed by atoms with E-state index in [1.807, 2.05) is 0 Å². The van der Waals surface area contributed by atoms with Gasteiger partial charge in [0.2, 0.25) is 0 Å². The van der Waals surface area contributed by atoms with Crippen LogP contribution in [0.15, 0.2) is 24.5 Å². The third-order valence-electron chi connectivity index (χ3n) is 2.06. The molecule has 0 atom stereocenters. The first-order valence-corrected chi connectivity index (χ1v) is 5.12. The molecule has 0 aliphatic heterocycles. The summed E-state index contributed by atoms with van der Waals surface area (Å²) < 4.78 is 13.4. The van der Waals surface area contributed by atoms with Crippen LogP contribution in [0.2, 0.25) is 5.02 Å². The highest BCUT2D eigenvalue weighted by Crippen LogP contribution is 2.14. The van der Waals surface area contributed by atoms with Crippen LogP contribution in [0.25, 0.3) is 0 Å². The molecule has 2 aromatic rings. The summed E-state index contributed by atoms with van der Waals surface area (Å²) in [4.78, 5) is 15.4. The topological polar surface area (TPSA) is 70.7 Å². The second-order valence-corrected chi connectivity index (χ2v) is 3.68. The summed E-state index contributed by atoms with van der Waals surface area (Å²) in [6.07, 6.45) is 1.32. The van der Waals surface area contributed by atoms with Crippen LogP contribution >= 0.6 is 11.6 Å². The third-order valence-corrected chi connectivity index (χ3v) is 2.29. The average Bonchev–Trinajstić information content (AvgIpc) is 2.78. The van der Waals surface area contributed by atoms with E-state index in [1.165, 1.54) is 18.5 Å². The highest BCUT2D eigenvalue weighted by atomic mass is 35.5. The van der Waals surface area contributed by atoms with Crippen LogP contribution in [0, 0.1) is 5.82 Å². The Morgan fingerprint density at radius 3 is 3.00 bits per heavy atom. The largest absolute Gasteiger partial charge is 0.345 e. The molecule has 0 unspecified atom stereocenters. The first-order valence-electron chi connectivity index (χ1n) is 4.74. The molecule has 0 aliphatic rings. The Morgan fingerprint density at radius 2 is 2.35 bits per heavy atom. The number of amides is 1. The molecular weight excluding hydrogens is 247 g/mol. The Kier molecular flexibility index (Phi) is 3.34. The molecule has 2 N–H and O–H groups in total. The van der Waals surface area contributed by atoms with E-state index in [2.05, 4.69) is 20.5 Å². The summed E-state index contributed by atoms with van der Waals surface area (Å²) in [5.74, 6) is -0.698. The van der Waals surface area contributed by atoms with Crippen LogP contribution in [0.5, 0.6) is 0 Å². The van der Waals surface area contributed by atoms with E-state index >= 15 is 0 Å². The fourth-order valence-corrected chi connectivity index (χ4v) is 1.41. The molecule has 0 aliphatic carbocycles. The number of aromatic nitrogens is 3. The highest BCUT2D eigenvalue weighted by Gasteiger charge is 2.11. The molecule has 7 heteroatoms. The molecular formula is C10H8ClFN4O. The van der Waals surface area contributed by atoms with Gasteiger partial charge in [-0.1, -0.05) is 11.6 Å².